The van der Waals surface area contributed by atoms with Crippen LogP contribution in [0.25, 0.3) is 0 Å². The highest BCUT2D eigenvalue weighted by atomic mass is 16.3. The van der Waals surface area contributed by atoms with Crippen molar-refractivity contribution >= 4 is 11.8 Å². The summed E-state index contributed by atoms with van der Waals surface area (Å²) in [6.45, 7) is 1.51. The molecule has 3 N–H and O–H groups in total. The van der Waals surface area contributed by atoms with Gasteiger partial charge in [-0.15, -0.1) is 0 Å². The molecule has 0 bridgehead atoms. The fourth-order valence-electron chi connectivity index (χ4n) is 2.76. The van der Waals surface area contributed by atoms with E-state index in [-0.39, 0.29) is 17.7 Å². The fourth-order valence-corrected chi connectivity index (χ4v) is 2.76. The van der Waals surface area contributed by atoms with Gasteiger partial charge in [-0.2, -0.15) is 0 Å². The molecule has 5 heteroatoms. The van der Waals surface area contributed by atoms with Gasteiger partial charge < -0.3 is 15.7 Å². The van der Waals surface area contributed by atoms with E-state index >= 15 is 0 Å². The van der Waals surface area contributed by atoms with Crippen LogP contribution in [0.5, 0.6) is 0 Å². The predicted octanol–water partition coefficient (Wildman–Crippen LogP) is -0.0693. The van der Waals surface area contributed by atoms with E-state index in [0.29, 0.717) is 0 Å². The smallest absolute Gasteiger partial charge is 0.245 e. The molecule has 1 aliphatic heterocycles. The monoisotopic (exact) mass is 240 g/mol. The number of hydrogen-bond donors (Lipinski definition) is 3. The predicted molar refractivity (Wildman–Crippen MR) is 62.1 cm³/mol. The van der Waals surface area contributed by atoms with Crippen molar-refractivity contribution in [2.75, 3.05) is 0 Å². The van der Waals surface area contributed by atoms with Gasteiger partial charge in [-0.1, -0.05) is 19.3 Å². The van der Waals surface area contributed by atoms with Crippen molar-refractivity contribution < 1.29 is 14.7 Å². The first-order chi connectivity index (χ1) is 8.09. The van der Waals surface area contributed by atoms with Crippen molar-refractivity contribution in [3.8, 4) is 0 Å². The Labute approximate surface area is 101 Å². The van der Waals surface area contributed by atoms with E-state index in [1.807, 2.05) is 0 Å². The zero-order valence-electron chi connectivity index (χ0n) is 10.1. The Morgan fingerprint density at radius 1 is 1.12 bits per heavy atom. The molecule has 0 aromatic carbocycles. The molecule has 0 aromatic rings. The fraction of sp³-hybridized carbons (Fsp3) is 0.833. The lowest BCUT2D eigenvalue weighted by Gasteiger charge is -2.36. The minimum atomic E-state index is -0.855. The molecule has 1 saturated heterocycles. The summed E-state index contributed by atoms with van der Waals surface area (Å²) >= 11 is 0. The molecule has 2 rings (SSSR count). The van der Waals surface area contributed by atoms with E-state index < -0.39 is 18.2 Å². The Morgan fingerprint density at radius 2 is 1.76 bits per heavy atom. The Morgan fingerprint density at radius 3 is 2.35 bits per heavy atom. The number of piperazine rings is 1. The highest BCUT2D eigenvalue weighted by molar-refractivity contribution is 5.97. The SMILES string of the molecule is C[C@@H](O)[C@@H]1NC(=O)[C@H](C2CCCCC2)NC1=O. The Balaban J connectivity index is 2.01. The van der Waals surface area contributed by atoms with Crippen LogP contribution in [-0.2, 0) is 9.59 Å². The van der Waals surface area contributed by atoms with E-state index in [1.54, 1.807) is 0 Å². The van der Waals surface area contributed by atoms with Gasteiger partial charge in [0.15, 0.2) is 0 Å². The largest absolute Gasteiger partial charge is 0.391 e. The lowest BCUT2D eigenvalue weighted by molar-refractivity contribution is -0.141. The number of carbonyl (C=O) groups excluding carboxylic acids is 2. The Bertz CT molecular complexity index is 311. The third-order valence-corrected chi connectivity index (χ3v) is 3.76. The number of aliphatic hydroxyl groups excluding tert-OH is 1. The highest BCUT2D eigenvalue weighted by Gasteiger charge is 2.39. The lowest BCUT2D eigenvalue weighted by atomic mass is 9.82. The molecule has 96 valence electrons. The molecule has 0 aromatic heterocycles. The minimum absolute atomic E-state index is 0.151. The van der Waals surface area contributed by atoms with Gasteiger partial charge in [0.1, 0.15) is 12.1 Å². The van der Waals surface area contributed by atoms with Crippen molar-refractivity contribution in [3.05, 3.63) is 0 Å². The van der Waals surface area contributed by atoms with Crippen LogP contribution in [0.4, 0.5) is 0 Å². The van der Waals surface area contributed by atoms with Gasteiger partial charge >= 0.3 is 0 Å². The van der Waals surface area contributed by atoms with Crippen molar-refractivity contribution in [2.24, 2.45) is 5.92 Å². The van der Waals surface area contributed by atoms with Crippen LogP contribution in [0.3, 0.4) is 0 Å². The number of rotatable bonds is 2. The second kappa shape index (κ2) is 5.04. The molecule has 1 saturated carbocycles. The third kappa shape index (κ3) is 2.60. The summed E-state index contributed by atoms with van der Waals surface area (Å²) < 4.78 is 0. The minimum Gasteiger partial charge on any atom is -0.391 e. The molecular formula is C12H20N2O3. The van der Waals surface area contributed by atoms with Crippen LogP contribution in [0, 0.1) is 5.92 Å². The molecule has 1 aliphatic carbocycles. The zero-order chi connectivity index (χ0) is 12.4. The molecule has 2 aliphatic rings. The number of hydrogen-bond acceptors (Lipinski definition) is 3. The number of nitrogens with one attached hydrogen (secondary N) is 2. The van der Waals surface area contributed by atoms with Gasteiger partial charge in [0.2, 0.25) is 11.8 Å². The number of aliphatic hydroxyl groups is 1. The van der Waals surface area contributed by atoms with Crippen LogP contribution in [0.2, 0.25) is 0 Å². The van der Waals surface area contributed by atoms with Crippen molar-refractivity contribution in [2.45, 2.75) is 57.2 Å². The summed E-state index contributed by atoms with van der Waals surface area (Å²) in [7, 11) is 0. The quantitative estimate of drug-likeness (QED) is 0.632. The van der Waals surface area contributed by atoms with Crippen LogP contribution in [0.1, 0.15) is 39.0 Å². The Kier molecular flexibility index (Phi) is 3.66. The van der Waals surface area contributed by atoms with Crippen LogP contribution in [0.15, 0.2) is 0 Å². The first kappa shape index (κ1) is 12.4. The van der Waals surface area contributed by atoms with Gasteiger partial charge in [-0.05, 0) is 25.7 Å². The molecule has 2 amide bonds. The lowest BCUT2D eigenvalue weighted by Crippen LogP contribution is -2.66. The topological polar surface area (TPSA) is 78.4 Å². The summed E-state index contributed by atoms with van der Waals surface area (Å²) in [6, 6.07) is -1.21. The average molecular weight is 240 g/mol. The first-order valence-corrected chi connectivity index (χ1v) is 6.38. The van der Waals surface area contributed by atoms with Gasteiger partial charge in [-0.3, -0.25) is 9.59 Å². The second-order valence-electron chi connectivity index (χ2n) is 5.11. The molecule has 0 spiro atoms. The van der Waals surface area contributed by atoms with E-state index in [0.717, 1.165) is 25.7 Å². The maximum absolute atomic E-state index is 11.9. The van der Waals surface area contributed by atoms with E-state index in [1.165, 1.54) is 13.3 Å². The molecule has 3 atom stereocenters. The summed E-state index contributed by atoms with van der Waals surface area (Å²) in [5.74, 6) is -0.166. The molecule has 17 heavy (non-hydrogen) atoms. The second-order valence-corrected chi connectivity index (χ2v) is 5.11. The average Bonchev–Trinajstić information content (AvgIpc) is 2.32. The summed E-state index contributed by atoms with van der Waals surface area (Å²) in [6.07, 6.45) is 4.62. The molecule has 0 radical (unpaired) electrons. The van der Waals surface area contributed by atoms with Gasteiger partial charge in [-0.25, -0.2) is 0 Å². The van der Waals surface area contributed by atoms with Crippen LogP contribution in [-0.4, -0.2) is 35.1 Å². The Hall–Kier alpha value is -1.10. The third-order valence-electron chi connectivity index (χ3n) is 3.76. The van der Waals surface area contributed by atoms with Gasteiger partial charge in [0, 0.05) is 0 Å². The van der Waals surface area contributed by atoms with Gasteiger partial charge in [0.05, 0.1) is 6.10 Å². The zero-order valence-corrected chi connectivity index (χ0v) is 10.1. The van der Waals surface area contributed by atoms with E-state index in [4.69, 9.17) is 0 Å². The van der Waals surface area contributed by atoms with Crippen molar-refractivity contribution in [1.29, 1.82) is 0 Å². The maximum atomic E-state index is 11.9. The van der Waals surface area contributed by atoms with Crippen LogP contribution < -0.4 is 10.6 Å². The summed E-state index contributed by atoms with van der Waals surface area (Å²) in [5.41, 5.74) is 0. The van der Waals surface area contributed by atoms with E-state index in [2.05, 4.69) is 10.6 Å². The molecule has 0 unspecified atom stereocenters. The number of amides is 2. The van der Waals surface area contributed by atoms with Crippen molar-refractivity contribution in [1.82, 2.24) is 10.6 Å². The number of carbonyl (C=O) groups is 2. The molecule has 1 heterocycles. The summed E-state index contributed by atoms with van der Waals surface area (Å²) in [5, 5.41) is 14.8. The summed E-state index contributed by atoms with van der Waals surface area (Å²) in [4.78, 5) is 23.7. The molecular weight excluding hydrogens is 220 g/mol. The van der Waals surface area contributed by atoms with Gasteiger partial charge in [0.25, 0.3) is 0 Å². The standard InChI is InChI=1S/C12H20N2O3/c1-7(15)9-11(16)14-10(12(17)13-9)8-5-3-2-4-6-8/h7-10,15H,2-6H2,1H3,(H,13,17)(H,14,16)/t7-,9+,10+/m1/s1. The first-order valence-electron chi connectivity index (χ1n) is 6.38. The molecule has 5 nitrogen and oxygen atoms in total. The van der Waals surface area contributed by atoms with Crippen molar-refractivity contribution in [3.63, 3.8) is 0 Å². The van der Waals surface area contributed by atoms with Crippen LogP contribution >= 0.6 is 0 Å². The maximum Gasteiger partial charge on any atom is 0.245 e. The highest BCUT2D eigenvalue weighted by Crippen LogP contribution is 2.27. The molecule has 2 fully saturated rings. The van der Waals surface area contributed by atoms with E-state index in [9.17, 15) is 14.7 Å². The normalized spacial score (nSPS) is 32.8.